The Balaban J connectivity index is 1.66. The molecular weight excluding hydrogens is 296 g/mol. The van der Waals surface area contributed by atoms with Crippen LogP contribution < -0.4 is 9.64 Å². The SMILES string of the molecule is CC1Oc2ccccc2N(CCC(=O)N2CCC(=O)CC2)C1=O. The van der Waals surface area contributed by atoms with Gasteiger partial charge in [0.1, 0.15) is 11.5 Å². The van der Waals surface area contributed by atoms with Gasteiger partial charge >= 0.3 is 0 Å². The smallest absolute Gasteiger partial charge is 0.267 e. The molecule has 0 saturated carbocycles. The van der Waals surface area contributed by atoms with E-state index < -0.39 is 6.10 Å². The lowest BCUT2D eigenvalue weighted by Gasteiger charge is -2.33. The van der Waals surface area contributed by atoms with Crippen molar-refractivity contribution in [3.8, 4) is 5.75 Å². The molecule has 3 rings (SSSR count). The van der Waals surface area contributed by atoms with E-state index in [2.05, 4.69) is 0 Å². The Labute approximate surface area is 135 Å². The van der Waals surface area contributed by atoms with Crippen molar-refractivity contribution in [3.05, 3.63) is 24.3 Å². The van der Waals surface area contributed by atoms with Crippen LogP contribution in [0.3, 0.4) is 0 Å². The molecule has 23 heavy (non-hydrogen) atoms. The number of piperidine rings is 1. The number of fused-ring (bicyclic) bond motifs is 1. The molecule has 122 valence electrons. The van der Waals surface area contributed by atoms with Crippen molar-refractivity contribution < 1.29 is 19.1 Å². The largest absolute Gasteiger partial charge is 0.479 e. The molecule has 0 aromatic heterocycles. The zero-order valence-corrected chi connectivity index (χ0v) is 13.2. The van der Waals surface area contributed by atoms with Gasteiger partial charge in [-0.1, -0.05) is 12.1 Å². The highest BCUT2D eigenvalue weighted by Crippen LogP contribution is 2.33. The summed E-state index contributed by atoms with van der Waals surface area (Å²) >= 11 is 0. The maximum Gasteiger partial charge on any atom is 0.267 e. The minimum atomic E-state index is -0.549. The molecule has 2 aliphatic rings. The second-order valence-electron chi connectivity index (χ2n) is 5.89. The van der Waals surface area contributed by atoms with Gasteiger partial charge in [0.25, 0.3) is 5.91 Å². The number of carbonyl (C=O) groups excluding carboxylic acids is 3. The Morgan fingerprint density at radius 1 is 1.22 bits per heavy atom. The predicted octanol–water partition coefficient (Wildman–Crippen LogP) is 1.38. The topological polar surface area (TPSA) is 66.9 Å². The van der Waals surface area contributed by atoms with E-state index in [1.165, 1.54) is 0 Å². The van der Waals surface area contributed by atoms with Gasteiger partial charge in [-0.3, -0.25) is 14.4 Å². The molecule has 1 saturated heterocycles. The van der Waals surface area contributed by atoms with Crippen LogP contribution in [0, 0.1) is 0 Å². The van der Waals surface area contributed by atoms with Gasteiger partial charge in [-0.05, 0) is 19.1 Å². The molecule has 6 nitrogen and oxygen atoms in total. The molecule has 1 unspecified atom stereocenters. The van der Waals surface area contributed by atoms with Gasteiger partial charge in [0.2, 0.25) is 5.91 Å². The molecule has 0 aliphatic carbocycles. The summed E-state index contributed by atoms with van der Waals surface area (Å²) < 4.78 is 5.59. The molecule has 0 bridgehead atoms. The Kier molecular flexibility index (Phi) is 4.32. The number of para-hydroxylation sites is 2. The number of hydrogen-bond acceptors (Lipinski definition) is 4. The quantitative estimate of drug-likeness (QED) is 0.845. The van der Waals surface area contributed by atoms with Gasteiger partial charge in [-0.25, -0.2) is 0 Å². The lowest BCUT2D eigenvalue weighted by atomic mass is 10.1. The Morgan fingerprint density at radius 3 is 2.65 bits per heavy atom. The molecular formula is C17H20N2O4. The van der Waals surface area contributed by atoms with Crippen molar-refractivity contribution in [1.29, 1.82) is 0 Å². The normalized spacial score (nSPS) is 21.0. The molecule has 2 heterocycles. The highest BCUT2D eigenvalue weighted by molar-refractivity contribution is 6.00. The van der Waals surface area contributed by atoms with Crippen molar-refractivity contribution in [2.24, 2.45) is 0 Å². The van der Waals surface area contributed by atoms with Gasteiger partial charge < -0.3 is 14.5 Å². The van der Waals surface area contributed by atoms with Gasteiger partial charge in [0.05, 0.1) is 5.69 Å². The number of rotatable bonds is 3. The van der Waals surface area contributed by atoms with E-state index >= 15 is 0 Å². The highest BCUT2D eigenvalue weighted by Gasteiger charge is 2.31. The second kappa shape index (κ2) is 6.40. The van der Waals surface area contributed by atoms with Gasteiger partial charge in [-0.2, -0.15) is 0 Å². The first-order valence-electron chi connectivity index (χ1n) is 7.93. The molecule has 0 spiro atoms. The average Bonchev–Trinajstić information content (AvgIpc) is 2.55. The van der Waals surface area contributed by atoms with Crippen molar-refractivity contribution in [2.75, 3.05) is 24.5 Å². The van der Waals surface area contributed by atoms with Crippen LogP contribution in [-0.2, 0) is 14.4 Å². The maximum absolute atomic E-state index is 12.4. The maximum atomic E-state index is 12.4. The van der Waals surface area contributed by atoms with Crippen LogP contribution in [0.5, 0.6) is 5.75 Å². The van der Waals surface area contributed by atoms with Gasteiger partial charge in [0, 0.05) is 38.9 Å². The van der Waals surface area contributed by atoms with E-state index in [0.717, 1.165) is 0 Å². The molecule has 6 heteroatoms. The first-order chi connectivity index (χ1) is 11.1. The minimum absolute atomic E-state index is 0.0121. The Hall–Kier alpha value is -2.37. The third-order valence-electron chi connectivity index (χ3n) is 4.30. The lowest BCUT2D eigenvalue weighted by molar-refractivity contribution is -0.134. The van der Waals surface area contributed by atoms with Crippen LogP contribution in [0.25, 0.3) is 0 Å². The second-order valence-corrected chi connectivity index (χ2v) is 5.89. The number of ketones is 1. The summed E-state index contributed by atoms with van der Waals surface area (Å²) in [5.41, 5.74) is 0.706. The van der Waals surface area contributed by atoms with Gasteiger partial charge in [0.15, 0.2) is 6.10 Å². The van der Waals surface area contributed by atoms with Crippen LogP contribution in [-0.4, -0.2) is 48.2 Å². The zero-order chi connectivity index (χ0) is 16.4. The summed E-state index contributed by atoms with van der Waals surface area (Å²) in [6.45, 7) is 3.01. The molecule has 1 aromatic carbocycles. The van der Waals surface area contributed by atoms with Crippen LogP contribution in [0.2, 0.25) is 0 Å². The Bertz CT molecular complexity index is 633. The van der Waals surface area contributed by atoms with Gasteiger partial charge in [-0.15, -0.1) is 0 Å². The van der Waals surface area contributed by atoms with Crippen molar-refractivity contribution in [1.82, 2.24) is 4.90 Å². The molecule has 0 N–H and O–H groups in total. The highest BCUT2D eigenvalue weighted by atomic mass is 16.5. The fraction of sp³-hybridized carbons (Fsp3) is 0.471. The van der Waals surface area contributed by atoms with Crippen molar-refractivity contribution in [3.63, 3.8) is 0 Å². The number of anilines is 1. The number of hydrogen-bond donors (Lipinski definition) is 0. The standard InChI is InChI=1S/C17H20N2O4/c1-12-17(22)19(14-4-2-3-5-15(14)23-12)11-8-16(21)18-9-6-13(20)7-10-18/h2-5,12H,6-11H2,1H3. The third-order valence-corrected chi connectivity index (χ3v) is 4.30. The van der Waals surface area contributed by atoms with Crippen LogP contribution in [0.1, 0.15) is 26.2 Å². The minimum Gasteiger partial charge on any atom is -0.479 e. The summed E-state index contributed by atoms with van der Waals surface area (Å²) in [5.74, 6) is 0.725. The van der Waals surface area contributed by atoms with E-state index in [1.54, 1.807) is 16.7 Å². The first kappa shape index (κ1) is 15.5. The summed E-state index contributed by atoms with van der Waals surface area (Å²) in [5, 5.41) is 0. The zero-order valence-electron chi connectivity index (χ0n) is 13.2. The Morgan fingerprint density at radius 2 is 1.91 bits per heavy atom. The monoisotopic (exact) mass is 316 g/mol. The summed E-state index contributed by atoms with van der Waals surface area (Å²) in [6.07, 6.45) is 0.568. The summed E-state index contributed by atoms with van der Waals surface area (Å²) in [4.78, 5) is 39.2. The van der Waals surface area contributed by atoms with E-state index in [-0.39, 0.29) is 24.0 Å². The molecule has 1 atom stereocenters. The number of nitrogens with zero attached hydrogens (tertiary/aromatic N) is 2. The fourth-order valence-corrected chi connectivity index (χ4v) is 2.96. The number of Topliss-reactive ketones (excluding diaryl/α,β-unsaturated/α-hetero) is 1. The van der Waals surface area contributed by atoms with E-state index in [4.69, 9.17) is 4.74 Å². The van der Waals surface area contributed by atoms with E-state index in [0.29, 0.717) is 43.9 Å². The molecule has 1 aromatic rings. The number of carbonyl (C=O) groups is 3. The molecule has 0 radical (unpaired) electrons. The predicted molar refractivity (Wildman–Crippen MR) is 84.3 cm³/mol. The van der Waals surface area contributed by atoms with Crippen LogP contribution in [0.4, 0.5) is 5.69 Å². The number of ether oxygens (including phenoxy) is 1. The molecule has 1 fully saturated rings. The average molecular weight is 316 g/mol. The first-order valence-corrected chi connectivity index (χ1v) is 7.93. The lowest BCUT2D eigenvalue weighted by Crippen LogP contribution is -2.46. The van der Waals surface area contributed by atoms with Crippen LogP contribution in [0.15, 0.2) is 24.3 Å². The fourth-order valence-electron chi connectivity index (χ4n) is 2.96. The third kappa shape index (κ3) is 3.21. The van der Waals surface area contributed by atoms with E-state index in [9.17, 15) is 14.4 Å². The molecule has 2 aliphatic heterocycles. The van der Waals surface area contributed by atoms with E-state index in [1.807, 2.05) is 24.3 Å². The van der Waals surface area contributed by atoms with Crippen molar-refractivity contribution >= 4 is 23.3 Å². The summed E-state index contributed by atoms with van der Waals surface area (Å²) in [7, 11) is 0. The molecule has 2 amide bonds. The number of likely N-dealkylation sites (tertiary alicyclic amines) is 1. The summed E-state index contributed by atoms with van der Waals surface area (Å²) in [6, 6.07) is 7.35. The van der Waals surface area contributed by atoms with Crippen LogP contribution >= 0.6 is 0 Å². The van der Waals surface area contributed by atoms with Crippen molar-refractivity contribution in [2.45, 2.75) is 32.3 Å². The number of benzene rings is 1. The number of amides is 2.